The lowest BCUT2D eigenvalue weighted by atomic mass is 10.1. The van der Waals surface area contributed by atoms with Crippen molar-refractivity contribution in [3.8, 4) is 0 Å². The van der Waals surface area contributed by atoms with Gasteiger partial charge >= 0.3 is 13.8 Å². The lowest BCUT2D eigenvalue weighted by Crippen LogP contribution is -2.37. The fourth-order valence-electron chi connectivity index (χ4n) is 5.68. The van der Waals surface area contributed by atoms with Crippen LogP contribution in [0.1, 0.15) is 155 Å². The zero-order chi connectivity index (χ0) is 44.8. The Balaban J connectivity index is 4.33. The standard InChI is InChI=1S/C52H88NO7P/c1-6-8-10-12-14-16-18-20-22-23-24-25-26-27-28-29-30-32-34-36-38-40-42-44-47-57-49-51(50-59-61(55,56)58-48-46-53(3,4)5)60-52(54)45-43-41-39-37-35-33-31-21-19-17-15-13-11-9-7-2/h8,10,14-17,20-22,24-25,27-28,30-32,36,38,51H,6-7,9,11-13,18-19,23,26,29,33-35,37,39-50H2,1-5H3/p+1/b10-8-,16-14-,17-15-,22-20-,25-24-,28-27-,31-21-,32-30-,38-36-. The number of ether oxygens (including phenoxy) is 2. The summed E-state index contributed by atoms with van der Waals surface area (Å²) in [5, 5.41) is 0. The molecule has 0 aromatic rings. The van der Waals surface area contributed by atoms with Gasteiger partial charge in [0.25, 0.3) is 0 Å². The molecule has 0 rings (SSSR count). The van der Waals surface area contributed by atoms with Crippen LogP contribution < -0.4 is 0 Å². The van der Waals surface area contributed by atoms with Crippen molar-refractivity contribution in [1.82, 2.24) is 0 Å². The van der Waals surface area contributed by atoms with Crippen LogP contribution in [0, 0.1) is 0 Å². The highest BCUT2D eigenvalue weighted by atomic mass is 31.2. The molecule has 0 radical (unpaired) electrons. The second-order valence-corrected chi connectivity index (χ2v) is 17.9. The summed E-state index contributed by atoms with van der Waals surface area (Å²) in [6, 6.07) is 0. The second-order valence-electron chi connectivity index (χ2n) is 16.4. The van der Waals surface area contributed by atoms with E-state index in [1.807, 2.05) is 21.1 Å². The molecule has 0 heterocycles. The van der Waals surface area contributed by atoms with Gasteiger partial charge in [0.2, 0.25) is 0 Å². The SMILES string of the molecule is CC/C=C\C/C=C\C/C=C\C/C=C\C/C=C\C/C=C\C/C=C\CCCCOCC(COP(=O)(O)OCC[N+](C)(C)C)OC(=O)CCCCCCC/C=C\C/C=C\CCCCC. The average molecular weight is 871 g/mol. The summed E-state index contributed by atoms with van der Waals surface area (Å²) in [6.07, 6.45) is 61.3. The van der Waals surface area contributed by atoms with E-state index in [4.69, 9.17) is 18.5 Å². The summed E-state index contributed by atoms with van der Waals surface area (Å²) in [6.45, 7) is 5.31. The minimum atomic E-state index is -4.30. The molecule has 8 nitrogen and oxygen atoms in total. The Kier molecular flexibility index (Phi) is 41.8. The van der Waals surface area contributed by atoms with Crippen LogP contribution in [0.15, 0.2) is 109 Å². The summed E-state index contributed by atoms with van der Waals surface area (Å²) >= 11 is 0. The van der Waals surface area contributed by atoms with E-state index in [1.165, 1.54) is 25.7 Å². The Morgan fingerprint density at radius 1 is 0.525 bits per heavy atom. The van der Waals surface area contributed by atoms with Crippen molar-refractivity contribution in [2.45, 2.75) is 161 Å². The van der Waals surface area contributed by atoms with E-state index in [0.29, 0.717) is 24.1 Å². The number of carbonyl (C=O) groups excluding carboxylic acids is 1. The van der Waals surface area contributed by atoms with E-state index < -0.39 is 13.9 Å². The van der Waals surface area contributed by atoms with Gasteiger partial charge in [-0.1, -0.05) is 155 Å². The molecule has 0 aliphatic rings. The molecular weight excluding hydrogens is 782 g/mol. The number of carbonyl (C=O) groups is 1. The molecule has 0 fully saturated rings. The lowest BCUT2D eigenvalue weighted by Gasteiger charge is -2.24. The lowest BCUT2D eigenvalue weighted by molar-refractivity contribution is -0.870. The van der Waals surface area contributed by atoms with Crippen LogP contribution in [-0.4, -0.2) is 75.6 Å². The number of phosphoric ester groups is 1. The number of nitrogens with zero attached hydrogens (tertiary/aromatic N) is 1. The summed E-state index contributed by atoms with van der Waals surface area (Å²) in [7, 11) is 1.61. The van der Waals surface area contributed by atoms with Crippen LogP contribution in [0.2, 0.25) is 0 Å². The molecule has 2 atom stereocenters. The van der Waals surface area contributed by atoms with Crippen molar-refractivity contribution in [2.24, 2.45) is 0 Å². The van der Waals surface area contributed by atoms with Gasteiger partial charge in [-0.3, -0.25) is 13.8 Å². The topological polar surface area (TPSA) is 91.3 Å². The predicted octanol–water partition coefficient (Wildman–Crippen LogP) is 14.4. The maximum absolute atomic E-state index is 12.7. The fraction of sp³-hybridized carbons (Fsp3) is 0.635. The third kappa shape index (κ3) is 48.1. The molecule has 0 saturated carbocycles. The van der Waals surface area contributed by atoms with Crippen molar-refractivity contribution in [1.29, 1.82) is 0 Å². The summed E-state index contributed by atoms with van der Waals surface area (Å²) in [5.41, 5.74) is 0. The average Bonchev–Trinajstić information content (AvgIpc) is 3.22. The van der Waals surface area contributed by atoms with Gasteiger partial charge in [-0.15, -0.1) is 0 Å². The zero-order valence-corrected chi connectivity index (χ0v) is 40.2. The van der Waals surface area contributed by atoms with E-state index in [0.717, 1.165) is 109 Å². The van der Waals surface area contributed by atoms with E-state index in [1.54, 1.807) is 0 Å². The Hall–Kier alpha value is -2.84. The van der Waals surface area contributed by atoms with Crippen molar-refractivity contribution in [3.05, 3.63) is 109 Å². The first-order chi connectivity index (χ1) is 29.6. The van der Waals surface area contributed by atoms with Gasteiger partial charge in [0, 0.05) is 13.0 Å². The monoisotopic (exact) mass is 871 g/mol. The van der Waals surface area contributed by atoms with E-state index in [2.05, 4.69) is 123 Å². The largest absolute Gasteiger partial charge is 0.472 e. The third-order valence-electron chi connectivity index (χ3n) is 9.32. The molecule has 0 spiro atoms. The van der Waals surface area contributed by atoms with Crippen molar-refractivity contribution < 1.29 is 37.3 Å². The summed E-state index contributed by atoms with van der Waals surface area (Å²) < 4.78 is 35.0. The van der Waals surface area contributed by atoms with Crippen molar-refractivity contribution in [3.63, 3.8) is 0 Å². The second kappa shape index (κ2) is 43.8. The number of hydrogen-bond donors (Lipinski definition) is 1. The molecule has 0 aliphatic carbocycles. The molecule has 2 unspecified atom stereocenters. The van der Waals surface area contributed by atoms with Crippen LogP contribution in [-0.2, 0) is 27.9 Å². The third-order valence-corrected chi connectivity index (χ3v) is 10.3. The summed E-state index contributed by atoms with van der Waals surface area (Å²) in [5.74, 6) is -0.348. The molecule has 61 heavy (non-hydrogen) atoms. The molecule has 0 bridgehead atoms. The first-order valence-electron chi connectivity index (χ1n) is 23.6. The van der Waals surface area contributed by atoms with Gasteiger partial charge in [0.15, 0.2) is 0 Å². The Labute approximate surface area is 374 Å². The Bertz CT molecular complexity index is 1340. The molecular formula is C52H89NO7P+. The van der Waals surface area contributed by atoms with Crippen LogP contribution >= 0.6 is 7.82 Å². The molecule has 1 N–H and O–H groups in total. The molecule has 0 aromatic carbocycles. The van der Waals surface area contributed by atoms with Gasteiger partial charge in [-0.05, 0) is 103 Å². The van der Waals surface area contributed by atoms with E-state index >= 15 is 0 Å². The van der Waals surface area contributed by atoms with Crippen molar-refractivity contribution >= 4 is 13.8 Å². The molecule has 0 amide bonds. The number of quaternary nitrogens is 1. The van der Waals surface area contributed by atoms with E-state index in [-0.39, 0.29) is 25.8 Å². The van der Waals surface area contributed by atoms with Gasteiger partial charge in [-0.2, -0.15) is 0 Å². The summed E-state index contributed by atoms with van der Waals surface area (Å²) in [4.78, 5) is 22.9. The molecule has 348 valence electrons. The number of rotatable bonds is 42. The highest BCUT2D eigenvalue weighted by Gasteiger charge is 2.26. The number of phosphoric acid groups is 1. The van der Waals surface area contributed by atoms with E-state index in [9.17, 15) is 14.3 Å². The van der Waals surface area contributed by atoms with Gasteiger partial charge in [-0.25, -0.2) is 4.57 Å². The van der Waals surface area contributed by atoms with Crippen LogP contribution in [0.25, 0.3) is 0 Å². The maximum Gasteiger partial charge on any atom is 0.472 e. The molecule has 0 aliphatic heterocycles. The smallest absolute Gasteiger partial charge is 0.457 e. The Morgan fingerprint density at radius 2 is 0.951 bits per heavy atom. The molecule has 9 heteroatoms. The number of allylic oxidation sites excluding steroid dienone is 18. The first-order valence-corrected chi connectivity index (χ1v) is 25.1. The highest BCUT2D eigenvalue weighted by Crippen LogP contribution is 2.43. The highest BCUT2D eigenvalue weighted by molar-refractivity contribution is 7.47. The van der Waals surface area contributed by atoms with Crippen LogP contribution in [0.3, 0.4) is 0 Å². The van der Waals surface area contributed by atoms with Crippen molar-refractivity contribution in [2.75, 3.05) is 54.1 Å². The molecule has 0 aromatic heterocycles. The quantitative estimate of drug-likeness (QED) is 0.0215. The number of likely N-dealkylation sites (N-methyl/N-ethyl adjacent to an activating group) is 1. The van der Waals surface area contributed by atoms with Gasteiger partial charge < -0.3 is 18.9 Å². The first kappa shape index (κ1) is 58.2. The number of hydrogen-bond acceptors (Lipinski definition) is 6. The normalized spacial score (nSPS) is 14.7. The fourth-order valence-corrected chi connectivity index (χ4v) is 6.42. The van der Waals surface area contributed by atoms with Gasteiger partial charge in [0.1, 0.15) is 19.3 Å². The minimum absolute atomic E-state index is 0.0703. The van der Waals surface area contributed by atoms with Gasteiger partial charge in [0.05, 0.1) is 34.4 Å². The zero-order valence-electron chi connectivity index (χ0n) is 39.4. The predicted molar refractivity (Wildman–Crippen MR) is 261 cm³/mol. The molecule has 0 saturated heterocycles. The number of esters is 1. The minimum Gasteiger partial charge on any atom is -0.457 e. The van der Waals surface area contributed by atoms with Crippen LogP contribution in [0.5, 0.6) is 0 Å². The maximum atomic E-state index is 12.7. The Morgan fingerprint density at radius 3 is 1.43 bits per heavy atom. The number of unbranched alkanes of at least 4 members (excludes halogenated alkanes) is 10. The van der Waals surface area contributed by atoms with Crippen LogP contribution in [0.4, 0.5) is 0 Å².